The van der Waals surface area contributed by atoms with Gasteiger partial charge in [0.2, 0.25) is 11.8 Å². The third-order valence-electron chi connectivity index (χ3n) is 3.86. The van der Waals surface area contributed by atoms with Gasteiger partial charge in [0, 0.05) is 32.2 Å². The Morgan fingerprint density at radius 2 is 1.84 bits per heavy atom. The molecule has 1 atom stereocenters. The van der Waals surface area contributed by atoms with Gasteiger partial charge in [-0.15, -0.1) is 0 Å². The van der Waals surface area contributed by atoms with Crippen LogP contribution in [0.2, 0.25) is 0 Å². The quantitative estimate of drug-likeness (QED) is 0.659. The van der Waals surface area contributed by atoms with Crippen LogP contribution in [-0.2, 0) is 20.9 Å². The summed E-state index contributed by atoms with van der Waals surface area (Å²) in [7, 11) is 0. The van der Waals surface area contributed by atoms with E-state index in [0.29, 0.717) is 19.8 Å². The van der Waals surface area contributed by atoms with Gasteiger partial charge in [-0.25, -0.2) is 4.39 Å². The summed E-state index contributed by atoms with van der Waals surface area (Å²) in [6.07, 6.45) is 0.725. The second-order valence-corrected chi connectivity index (χ2v) is 6.26. The number of carbonyl (C=O) groups is 2. The number of ether oxygens (including phenoxy) is 1. The van der Waals surface area contributed by atoms with E-state index in [2.05, 4.69) is 5.32 Å². The molecule has 0 saturated heterocycles. The van der Waals surface area contributed by atoms with E-state index >= 15 is 0 Å². The first-order valence-corrected chi connectivity index (χ1v) is 8.77. The molecule has 1 aromatic rings. The molecule has 1 unspecified atom stereocenters. The maximum Gasteiger partial charge on any atom is 0.242 e. The van der Waals surface area contributed by atoms with Gasteiger partial charge >= 0.3 is 0 Å². The first-order chi connectivity index (χ1) is 11.9. The van der Waals surface area contributed by atoms with Crippen LogP contribution in [0, 0.1) is 11.7 Å². The highest BCUT2D eigenvalue weighted by atomic mass is 19.1. The van der Waals surface area contributed by atoms with Crippen LogP contribution in [0.1, 0.15) is 39.7 Å². The summed E-state index contributed by atoms with van der Waals surface area (Å²) in [5.41, 5.74) is 0.784. The minimum atomic E-state index is -0.605. The molecule has 0 radical (unpaired) electrons. The standard InChI is InChI=1S/C19H29FN2O3/c1-5-25-12-6-11-21-18(23)15(4)22(19(24)14(2)3)13-16-7-9-17(20)10-8-16/h7-10,14-15H,5-6,11-13H2,1-4H3,(H,21,23). The molecule has 1 rings (SSSR count). The van der Waals surface area contributed by atoms with Crippen molar-refractivity contribution in [1.82, 2.24) is 10.2 Å². The molecule has 140 valence electrons. The number of nitrogens with zero attached hydrogens (tertiary/aromatic N) is 1. The second-order valence-electron chi connectivity index (χ2n) is 6.26. The van der Waals surface area contributed by atoms with Crippen molar-refractivity contribution in [2.45, 2.75) is 46.7 Å². The Labute approximate surface area is 149 Å². The molecule has 0 saturated carbocycles. The average molecular weight is 352 g/mol. The third kappa shape index (κ3) is 7.22. The van der Waals surface area contributed by atoms with Crippen LogP contribution < -0.4 is 5.32 Å². The number of carbonyl (C=O) groups excluding carboxylic acids is 2. The van der Waals surface area contributed by atoms with Crippen molar-refractivity contribution in [2.75, 3.05) is 19.8 Å². The monoisotopic (exact) mass is 352 g/mol. The van der Waals surface area contributed by atoms with Crippen LogP contribution in [0.25, 0.3) is 0 Å². The molecular formula is C19H29FN2O3. The Balaban J connectivity index is 2.72. The van der Waals surface area contributed by atoms with E-state index in [0.717, 1.165) is 12.0 Å². The van der Waals surface area contributed by atoms with Crippen molar-refractivity contribution in [3.8, 4) is 0 Å². The van der Waals surface area contributed by atoms with E-state index in [-0.39, 0.29) is 30.1 Å². The van der Waals surface area contributed by atoms with Crippen molar-refractivity contribution in [2.24, 2.45) is 5.92 Å². The number of hydrogen-bond donors (Lipinski definition) is 1. The number of halogens is 1. The van der Waals surface area contributed by atoms with Crippen molar-refractivity contribution >= 4 is 11.8 Å². The van der Waals surface area contributed by atoms with Gasteiger partial charge in [0.05, 0.1) is 0 Å². The predicted molar refractivity (Wildman–Crippen MR) is 95.4 cm³/mol. The first-order valence-electron chi connectivity index (χ1n) is 8.77. The van der Waals surface area contributed by atoms with E-state index in [4.69, 9.17) is 4.74 Å². The Morgan fingerprint density at radius 1 is 1.20 bits per heavy atom. The van der Waals surface area contributed by atoms with Gasteiger partial charge in [0.1, 0.15) is 11.9 Å². The second kappa shape index (κ2) is 10.8. The molecule has 0 aromatic heterocycles. The summed E-state index contributed by atoms with van der Waals surface area (Å²) in [6.45, 7) is 9.24. The Bertz CT molecular complexity index is 546. The maximum atomic E-state index is 13.1. The molecule has 0 heterocycles. The zero-order chi connectivity index (χ0) is 18.8. The number of benzene rings is 1. The van der Waals surface area contributed by atoms with Crippen molar-refractivity contribution in [1.29, 1.82) is 0 Å². The lowest BCUT2D eigenvalue weighted by molar-refractivity contribution is -0.143. The largest absolute Gasteiger partial charge is 0.382 e. The predicted octanol–water partition coefficient (Wildman–Crippen LogP) is 2.74. The molecule has 0 aliphatic rings. The Kier molecular flexibility index (Phi) is 9.13. The molecule has 25 heavy (non-hydrogen) atoms. The molecule has 0 aliphatic heterocycles. The fourth-order valence-corrected chi connectivity index (χ4v) is 2.34. The summed E-state index contributed by atoms with van der Waals surface area (Å²) in [4.78, 5) is 26.4. The SMILES string of the molecule is CCOCCCNC(=O)C(C)N(Cc1ccc(F)cc1)C(=O)C(C)C. The highest BCUT2D eigenvalue weighted by Crippen LogP contribution is 2.13. The van der Waals surface area contributed by atoms with E-state index in [9.17, 15) is 14.0 Å². The van der Waals surface area contributed by atoms with Crippen LogP contribution in [0.4, 0.5) is 4.39 Å². The van der Waals surface area contributed by atoms with Gasteiger partial charge in [-0.05, 0) is 38.0 Å². The number of rotatable bonds is 10. The van der Waals surface area contributed by atoms with Crippen LogP contribution in [0.15, 0.2) is 24.3 Å². The van der Waals surface area contributed by atoms with Crippen LogP contribution in [-0.4, -0.2) is 42.5 Å². The molecule has 0 fully saturated rings. The smallest absolute Gasteiger partial charge is 0.242 e. The fourth-order valence-electron chi connectivity index (χ4n) is 2.34. The molecule has 2 amide bonds. The van der Waals surface area contributed by atoms with Gasteiger partial charge in [-0.3, -0.25) is 9.59 Å². The molecular weight excluding hydrogens is 323 g/mol. The molecule has 1 N–H and O–H groups in total. The highest BCUT2D eigenvalue weighted by Gasteiger charge is 2.27. The van der Waals surface area contributed by atoms with E-state index in [1.54, 1.807) is 32.9 Å². The Hall–Kier alpha value is -1.95. The zero-order valence-electron chi connectivity index (χ0n) is 15.5. The van der Waals surface area contributed by atoms with Crippen molar-refractivity contribution in [3.63, 3.8) is 0 Å². The molecule has 0 spiro atoms. The summed E-state index contributed by atoms with van der Waals surface area (Å²) >= 11 is 0. The van der Waals surface area contributed by atoms with Crippen molar-refractivity contribution in [3.05, 3.63) is 35.6 Å². The molecule has 6 heteroatoms. The van der Waals surface area contributed by atoms with Crippen LogP contribution in [0.5, 0.6) is 0 Å². The fraction of sp³-hybridized carbons (Fsp3) is 0.579. The van der Waals surface area contributed by atoms with Crippen molar-refractivity contribution < 1.29 is 18.7 Å². The van der Waals surface area contributed by atoms with Gasteiger partial charge < -0.3 is 15.0 Å². The highest BCUT2D eigenvalue weighted by molar-refractivity contribution is 5.88. The minimum absolute atomic E-state index is 0.110. The first kappa shape index (κ1) is 21.1. The lowest BCUT2D eigenvalue weighted by atomic mass is 10.1. The number of nitrogens with one attached hydrogen (secondary N) is 1. The average Bonchev–Trinajstić information content (AvgIpc) is 2.59. The summed E-state index contributed by atoms with van der Waals surface area (Å²) in [5, 5.41) is 2.84. The van der Waals surface area contributed by atoms with Gasteiger partial charge in [-0.1, -0.05) is 26.0 Å². The molecule has 0 bridgehead atoms. The van der Waals surface area contributed by atoms with Crippen LogP contribution >= 0.6 is 0 Å². The Morgan fingerprint density at radius 3 is 2.40 bits per heavy atom. The summed E-state index contributed by atoms with van der Waals surface area (Å²) in [6, 6.07) is 5.36. The summed E-state index contributed by atoms with van der Waals surface area (Å²) < 4.78 is 18.3. The van der Waals surface area contributed by atoms with Gasteiger partial charge in [0.15, 0.2) is 0 Å². The topological polar surface area (TPSA) is 58.6 Å². The number of amides is 2. The third-order valence-corrected chi connectivity index (χ3v) is 3.86. The maximum absolute atomic E-state index is 13.1. The number of hydrogen-bond acceptors (Lipinski definition) is 3. The normalized spacial score (nSPS) is 12.1. The van der Waals surface area contributed by atoms with E-state index < -0.39 is 6.04 Å². The van der Waals surface area contributed by atoms with Gasteiger partial charge in [0.25, 0.3) is 0 Å². The zero-order valence-corrected chi connectivity index (χ0v) is 15.5. The van der Waals surface area contributed by atoms with E-state index in [1.165, 1.54) is 17.0 Å². The molecule has 5 nitrogen and oxygen atoms in total. The lowest BCUT2D eigenvalue weighted by Gasteiger charge is -2.30. The van der Waals surface area contributed by atoms with Crippen LogP contribution in [0.3, 0.4) is 0 Å². The minimum Gasteiger partial charge on any atom is -0.382 e. The summed E-state index contributed by atoms with van der Waals surface area (Å²) in [5.74, 6) is -0.867. The van der Waals surface area contributed by atoms with E-state index in [1.807, 2.05) is 6.92 Å². The molecule has 0 aliphatic carbocycles. The molecule has 1 aromatic carbocycles. The lowest BCUT2D eigenvalue weighted by Crippen LogP contribution is -2.49. The van der Waals surface area contributed by atoms with Gasteiger partial charge in [-0.2, -0.15) is 0 Å².